The first-order valence-corrected chi connectivity index (χ1v) is 8.07. The smallest absolute Gasteiger partial charge is 0.240 e. The molecule has 1 aliphatic heterocycles. The normalized spacial score (nSPS) is 15.6. The lowest BCUT2D eigenvalue weighted by Gasteiger charge is -2.35. The summed E-state index contributed by atoms with van der Waals surface area (Å²) in [5.74, 6) is 2.65. The zero-order valence-corrected chi connectivity index (χ0v) is 13.9. The van der Waals surface area contributed by atoms with Crippen molar-refractivity contribution in [2.75, 3.05) is 36.8 Å². The quantitative estimate of drug-likeness (QED) is 0.713. The molecule has 0 unspecified atom stereocenters. The Morgan fingerprint density at radius 3 is 2.64 bits per heavy atom. The highest BCUT2D eigenvalue weighted by molar-refractivity contribution is 5.70. The van der Waals surface area contributed by atoms with E-state index in [9.17, 15) is 0 Å². The molecule has 0 aromatic carbocycles. The van der Waals surface area contributed by atoms with Gasteiger partial charge >= 0.3 is 0 Å². The standard InChI is InChI=1S/C15H19N9O/c1-11-20-12(25-21-11)9-22-5-7-23(8-6-22)14-13(16)15(18-10-17-14)24-4-2-3-19-24/h2-4,10H,5-9,16H2,1H3. The van der Waals surface area contributed by atoms with Crippen LogP contribution in [0.2, 0.25) is 0 Å². The molecule has 0 amide bonds. The van der Waals surface area contributed by atoms with Gasteiger partial charge in [-0.3, -0.25) is 4.90 Å². The molecular formula is C15H19N9O. The molecule has 0 bridgehead atoms. The van der Waals surface area contributed by atoms with Crippen molar-refractivity contribution in [2.45, 2.75) is 13.5 Å². The van der Waals surface area contributed by atoms with Gasteiger partial charge in [-0.15, -0.1) is 0 Å². The van der Waals surface area contributed by atoms with Crippen molar-refractivity contribution in [1.82, 2.24) is 34.8 Å². The molecule has 1 fully saturated rings. The van der Waals surface area contributed by atoms with Gasteiger partial charge in [0, 0.05) is 38.6 Å². The number of rotatable bonds is 4. The van der Waals surface area contributed by atoms with Gasteiger partial charge in [0.2, 0.25) is 5.89 Å². The van der Waals surface area contributed by atoms with Gasteiger partial charge in [-0.2, -0.15) is 10.1 Å². The van der Waals surface area contributed by atoms with Crippen LogP contribution in [0.4, 0.5) is 11.5 Å². The van der Waals surface area contributed by atoms with E-state index in [0.717, 1.165) is 32.0 Å². The molecule has 0 saturated carbocycles. The van der Waals surface area contributed by atoms with Crippen LogP contribution in [0.25, 0.3) is 5.82 Å². The van der Waals surface area contributed by atoms with Crippen LogP contribution in [-0.2, 0) is 6.54 Å². The maximum absolute atomic E-state index is 6.29. The SMILES string of the molecule is Cc1noc(CN2CCN(c3ncnc(-n4cccn4)c3N)CC2)n1. The van der Waals surface area contributed by atoms with E-state index in [4.69, 9.17) is 10.3 Å². The second kappa shape index (κ2) is 6.48. The van der Waals surface area contributed by atoms with Crippen molar-refractivity contribution in [3.63, 3.8) is 0 Å². The number of nitrogens with zero attached hydrogens (tertiary/aromatic N) is 8. The number of nitrogen functional groups attached to an aromatic ring is 1. The number of nitrogens with two attached hydrogens (primary N) is 1. The van der Waals surface area contributed by atoms with E-state index in [1.54, 1.807) is 10.9 Å². The minimum Gasteiger partial charge on any atom is -0.393 e. The van der Waals surface area contributed by atoms with Crippen LogP contribution in [0.15, 0.2) is 29.3 Å². The van der Waals surface area contributed by atoms with Crippen LogP contribution in [-0.4, -0.2) is 61.0 Å². The maximum Gasteiger partial charge on any atom is 0.240 e. The minimum absolute atomic E-state index is 0.534. The molecular weight excluding hydrogens is 322 g/mol. The van der Waals surface area contributed by atoms with Gasteiger partial charge in [0.25, 0.3) is 0 Å². The second-order valence-corrected chi connectivity index (χ2v) is 5.88. The van der Waals surface area contributed by atoms with Gasteiger partial charge in [-0.05, 0) is 13.0 Å². The number of aromatic nitrogens is 6. The van der Waals surface area contributed by atoms with Crippen molar-refractivity contribution in [2.24, 2.45) is 0 Å². The first-order valence-electron chi connectivity index (χ1n) is 8.07. The van der Waals surface area contributed by atoms with Gasteiger partial charge in [-0.25, -0.2) is 14.6 Å². The summed E-state index contributed by atoms with van der Waals surface area (Å²) < 4.78 is 6.84. The summed E-state index contributed by atoms with van der Waals surface area (Å²) in [7, 11) is 0. The first kappa shape index (κ1) is 15.5. The van der Waals surface area contributed by atoms with Gasteiger partial charge in [0.1, 0.15) is 12.0 Å². The average Bonchev–Trinajstić information content (AvgIpc) is 3.28. The van der Waals surface area contributed by atoms with Gasteiger partial charge in [-0.1, -0.05) is 5.16 Å². The minimum atomic E-state index is 0.534. The Bertz CT molecular complexity index is 837. The van der Waals surface area contributed by atoms with Crippen LogP contribution < -0.4 is 10.6 Å². The summed E-state index contributed by atoms with van der Waals surface area (Å²) >= 11 is 0. The molecule has 10 nitrogen and oxygen atoms in total. The summed E-state index contributed by atoms with van der Waals surface area (Å²) in [5, 5.41) is 8.02. The lowest BCUT2D eigenvalue weighted by atomic mass is 10.3. The van der Waals surface area contributed by atoms with E-state index in [-0.39, 0.29) is 0 Å². The van der Waals surface area contributed by atoms with Crippen LogP contribution in [0.1, 0.15) is 11.7 Å². The van der Waals surface area contributed by atoms with Crippen molar-refractivity contribution in [3.8, 4) is 5.82 Å². The molecule has 0 aliphatic carbocycles. The molecule has 130 valence electrons. The summed E-state index contributed by atoms with van der Waals surface area (Å²) in [4.78, 5) is 17.3. The third kappa shape index (κ3) is 3.15. The fourth-order valence-electron chi connectivity index (χ4n) is 2.92. The predicted octanol–water partition coefficient (Wildman–Crippen LogP) is 0.258. The third-order valence-corrected chi connectivity index (χ3v) is 4.16. The molecule has 1 aliphatic rings. The average molecular weight is 341 g/mol. The van der Waals surface area contributed by atoms with Gasteiger partial charge < -0.3 is 15.2 Å². The summed E-state index contributed by atoms with van der Waals surface area (Å²) in [6.07, 6.45) is 5.03. The first-order chi connectivity index (χ1) is 12.2. The van der Waals surface area contributed by atoms with Crippen molar-refractivity contribution in [3.05, 3.63) is 36.5 Å². The fraction of sp³-hybridized carbons (Fsp3) is 0.400. The molecule has 4 rings (SSSR count). The second-order valence-electron chi connectivity index (χ2n) is 5.88. The molecule has 10 heteroatoms. The van der Waals surface area contributed by atoms with E-state index in [1.165, 1.54) is 6.33 Å². The van der Waals surface area contributed by atoms with Crippen molar-refractivity contribution in [1.29, 1.82) is 0 Å². The van der Waals surface area contributed by atoms with E-state index in [2.05, 4.69) is 35.0 Å². The molecule has 3 aromatic heterocycles. The van der Waals surface area contributed by atoms with Crippen molar-refractivity contribution < 1.29 is 4.52 Å². The summed E-state index contributed by atoms with van der Waals surface area (Å²) in [6.45, 7) is 5.83. The number of anilines is 2. The molecule has 0 atom stereocenters. The van der Waals surface area contributed by atoms with E-state index in [0.29, 0.717) is 29.8 Å². The van der Waals surface area contributed by atoms with E-state index >= 15 is 0 Å². The van der Waals surface area contributed by atoms with Gasteiger partial charge in [0.05, 0.1) is 6.54 Å². The largest absolute Gasteiger partial charge is 0.393 e. The fourth-order valence-corrected chi connectivity index (χ4v) is 2.92. The van der Waals surface area contributed by atoms with Crippen LogP contribution in [0.3, 0.4) is 0 Å². The summed E-state index contributed by atoms with van der Waals surface area (Å²) in [6, 6.07) is 1.83. The zero-order valence-electron chi connectivity index (χ0n) is 13.9. The molecule has 25 heavy (non-hydrogen) atoms. The van der Waals surface area contributed by atoms with Gasteiger partial charge in [0.15, 0.2) is 17.5 Å². The Kier molecular flexibility index (Phi) is 4.02. The van der Waals surface area contributed by atoms with E-state index in [1.807, 2.05) is 19.2 Å². The molecule has 0 spiro atoms. The molecule has 4 heterocycles. The molecule has 1 saturated heterocycles. The van der Waals surface area contributed by atoms with Crippen LogP contribution in [0, 0.1) is 6.92 Å². The number of hydrogen-bond acceptors (Lipinski definition) is 9. The zero-order chi connectivity index (χ0) is 17.2. The molecule has 0 radical (unpaired) electrons. The topological polar surface area (TPSA) is 115 Å². The van der Waals surface area contributed by atoms with E-state index < -0.39 is 0 Å². The highest BCUT2D eigenvalue weighted by Crippen LogP contribution is 2.25. The monoisotopic (exact) mass is 341 g/mol. The predicted molar refractivity (Wildman–Crippen MR) is 90.1 cm³/mol. The highest BCUT2D eigenvalue weighted by Gasteiger charge is 2.23. The lowest BCUT2D eigenvalue weighted by Crippen LogP contribution is -2.46. The number of aryl methyl sites for hydroxylation is 1. The Balaban J connectivity index is 1.45. The Hall–Kier alpha value is -3.01. The molecule has 2 N–H and O–H groups in total. The number of piperazine rings is 1. The molecule has 3 aromatic rings. The van der Waals surface area contributed by atoms with Crippen LogP contribution >= 0.6 is 0 Å². The lowest BCUT2D eigenvalue weighted by molar-refractivity contribution is 0.215. The Morgan fingerprint density at radius 2 is 1.96 bits per heavy atom. The summed E-state index contributed by atoms with van der Waals surface area (Å²) in [5.41, 5.74) is 6.83. The Labute approximate surface area is 144 Å². The highest BCUT2D eigenvalue weighted by atomic mass is 16.5. The maximum atomic E-state index is 6.29. The van der Waals surface area contributed by atoms with Crippen LogP contribution in [0.5, 0.6) is 0 Å². The third-order valence-electron chi connectivity index (χ3n) is 4.16. The number of hydrogen-bond donors (Lipinski definition) is 1. The Morgan fingerprint density at radius 1 is 1.16 bits per heavy atom. The van der Waals surface area contributed by atoms with Crippen molar-refractivity contribution >= 4 is 11.5 Å².